The molecule has 0 saturated carbocycles. The molecule has 0 atom stereocenters. The van der Waals surface area contributed by atoms with Gasteiger partial charge < -0.3 is 9.73 Å². The average molecular weight is 202 g/mol. The molecule has 1 heterocycles. The molecule has 4 heteroatoms. The van der Waals surface area contributed by atoms with Crippen LogP contribution in [0.15, 0.2) is 47.4 Å². The normalized spacial score (nSPS) is 9.87. The highest BCUT2D eigenvalue weighted by Gasteiger charge is 2.04. The fraction of sp³-hybridized carbons (Fsp3) is 0.0909. The standard InChI is InChI=1S/C11H10N2O2/c14-11(9-4-2-1-3-5-9)12-6-10-7-15-8-13-10/h1-5,7-8H,6H2,(H,12,14). The smallest absolute Gasteiger partial charge is 0.251 e. The maximum absolute atomic E-state index is 11.6. The molecule has 0 spiro atoms. The van der Waals surface area contributed by atoms with Crippen LogP contribution in [0.25, 0.3) is 0 Å². The van der Waals surface area contributed by atoms with Crippen LogP contribution < -0.4 is 5.32 Å². The van der Waals surface area contributed by atoms with Crippen LogP contribution in [-0.4, -0.2) is 10.9 Å². The molecule has 15 heavy (non-hydrogen) atoms. The molecule has 1 amide bonds. The van der Waals surface area contributed by atoms with Crippen LogP contribution in [0.2, 0.25) is 0 Å². The van der Waals surface area contributed by atoms with Crippen LogP contribution in [-0.2, 0) is 6.54 Å². The third-order valence-corrected chi connectivity index (χ3v) is 1.95. The number of rotatable bonds is 3. The molecule has 2 aromatic rings. The number of nitrogens with zero attached hydrogens (tertiary/aromatic N) is 1. The Morgan fingerprint density at radius 1 is 1.33 bits per heavy atom. The number of amides is 1. The van der Waals surface area contributed by atoms with Gasteiger partial charge in [0.25, 0.3) is 5.91 Å². The van der Waals surface area contributed by atoms with E-state index in [1.54, 1.807) is 12.1 Å². The Morgan fingerprint density at radius 3 is 2.80 bits per heavy atom. The number of hydrogen-bond acceptors (Lipinski definition) is 3. The van der Waals surface area contributed by atoms with Gasteiger partial charge in [0.15, 0.2) is 6.39 Å². The maximum Gasteiger partial charge on any atom is 0.251 e. The van der Waals surface area contributed by atoms with Gasteiger partial charge in [-0.2, -0.15) is 0 Å². The highest BCUT2D eigenvalue weighted by Crippen LogP contribution is 1.99. The van der Waals surface area contributed by atoms with Crippen LogP contribution in [0.4, 0.5) is 0 Å². The molecule has 76 valence electrons. The summed E-state index contributed by atoms with van der Waals surface area (Å²) in [6.07, 6.45) is 2.84. The minimum Gasteiger partial charge on any atom is -0.451 e. The molecule has 0 aliphatic rings. The number of aromatic nitrogens is 1. The fourth-order valence-electron chi connectivity index (χ4n) is 1.19. The van der Waals surface area contributed by atoms with Gasteiger partial charge in [-0.3, -0.25) is 4.79 Å². The van der Waals surface area contributed by atoms with Crippen molar-refractivity contribution in [3.8, 4) is 0 Å². The van der Waals surface area contributed by atoms with E-state index >= 15 is 0 Å². The number of carbonyl (C=O) groups is 1. The first-order valence-corrected chi connectivity index (χ1v) is 4.56. The van der Waals surface area contributed by atoms with Crippen molar-refractivity contribution in [2.75, 3.05) is 0 Å². The molecule has 0 saturated heterocycles. The second-order valence-electron chi connectivity index (χ2n) is 3.03. The van der Waals surface area contributed by atoms with Crippen molar-refractivity contribution in [2.24, 2.45) is 0 Å². The minimum atomic E-state index is -0.112. The van der Waals surface area contributed by atoms with E-state index in [2.05, 4.69) is 10.3 Å². The molecule has 0 fully saturated rings. The Labute approximate surface area is 86.9 Å². The van der Waals surface area contributed by atoms with E-state index in [-0.39, 0.29) is 5.91 Å². The number of carbonyl (C=O) groups excluding carboxylic acids is 1. The highest BCUT2D eigenvalue weighted by atomic mass is 16.3. The predicted octanol–water partition coefficient (Wildman–Crippen LogP) is 1.60. The molecule has 1 aromatic carbocycles. The van der Waals surface area contributed by atoms with Crippen molar-refractivity contribution in [1.82, 2.24) is 10.3 Å². The molecule has 0 unspecified atom stereocenters. The quantitative estimate of drug-likeness (QED) is 0.822. The van der Waals surface area contributed by atoms with Gasteiger partial charge in [0.2, 0.25) is 0 Å². The zero-order valence-corrected chi connectivity index (χ0v) is 8.01. The lowest BCUT2D eigenvalue weighted by atomic mass is 10.2. The number of oxazole rings is 1. The SMILES string of the molecule is O=C(NCc1cocn1)c1ccccc1. The van der Waals surface area contributed by atoms with Crippen molar-refractivity contribution in [2.45, 2.75) is 6.54 Å². The fourth-order valence-corrected chi connectivity index (χ4v) is 1.19. The number of benzene rings is 1. The Balaban J connectivity index is 1.94. The summed E-state index contributed by atoms with van der Waals surface area (Å²) in [6.45, 7) is 0.379. The first kappa shape index (κ1) is 9.45. The summed E-state index contributed by atoms with van der Waals surface area (Å²) in [5.74, 6) is -0.112. The summed E-state index contributed by atoms with van der Waals surface area (Å²) < 4.78 is 4.79. The summed E-state index contributed by atoms with van der Waals surface area (Å²) >= 11 is 0. The first-order valence-electron chi connectivity index (χ1n) is 4.56. The molecule has 0 aliphatic heterocycles. The van der Waals surface area contributed by atoms with Gasteiger partial charge in [0.05, 0.1) is 12.2 Å². The summed E-state index contributed by atoms with van der Waals surface area (Å²) in [5, 5.41) is 2.74. The van der Waals surface area contributed by atoms with E-state index in [0.29, 0.717) is 17.8 Å². The maximum atomic E-state index is 11.6. The van der Waals surface area contributed by atoms with Gasteiger partial charge in [-0.05, 0) is 12.1 Å². The largest absolute Gasteiger partial charge is 0.451 e. The molecule has 0 radical (unpaired) electrons. The molecular formula is C11H10N2O2. The van der Waals surface area contributed by atoms with Crippen LogP contribution >= 0.6 is 0 Å². The van der Waals surface area contributed by atoms with E-state index < -0.39 is 0 Å². The lowest BCUT2D eigenvalue weighted by molar-refractivity contribution is 0.0950. The molecule has 2 rings (SSSR count). The lowest BCUT2D eigenvalue weighted by Crippen LogP contribution is -2.22. The minimum absolute atomic E-state index is 0.112. The second kappa shape index (κ2) is 4.41. The van der Waals surface area contributed by atoms with E-state index in [1.807, 2.05) is 18.2 Å². The van der Waals surface area contributed by atoms with Crippen LogP contribution in [0.1, 0.15) is 16.1 Å². The molecular weight excluding hydrogens is 192 g/mol. The van der Waals surface area contributed by atoms with Gasteiger partial charge in [-0.1, -0.05) is 18.2 Å². The number of nitrogens with one attached hydrogen (secondary N) is 1. The Bertz CT molecular complexity index is 423. The van der Waals surface area contributed by atoms with Gasteiger partial charge in [0, 0.05) is 5.56 Å². The van der Waals surface area contributed by atoms with Crippen LogP contribution in [0, 0.1) is 0 Å². The Kier molecular flexibility index (Phi) is 2.78. The third kappa shape index (κ3) is 2.43. The molecule has 4 nitrogen and oxygen atoms in total. The monoisotopic (exact) mass is 202 g/mol. The molecule has 0 aliphatic carbocycles. The van der Waals surface area contributed by atoms with E-state index in [0.717, 1.165) is 0 Å². The van der Waals surface area contributed by atoms with Crippen molar-refractivity contribution in [3.63, 3.8) is 0 Å². The van der Waals surface area contributed by atoms with Gasteiger partial charge >= 0.3 is 0 Å². The third-order valence-electron chi connectivity index (χ3n) is 1.95. The topological polar surface area (TPSA) is 55.1 Å². The molecule has 0 bridgehead atoms. The van der Waals surface area contributed by atoms with Gasteiger partial charge in [-0.15, -0.1) is 0 Å². The van der Waals surface area contributed by atoms with Crippen LogP contribution in [0.3, 0.4) is 0 Å². The second-order valence-corrected chi connectivity index (χ2v) is 3.03. The Hall–Kier alpha value is -2.10. The zero-order valence-electron chi connectivity index (χ0n) is 8.01. The van der Waals surface area contributed by atoms with Crippen LogP contribution in [0.5, 0.6) is 0 Å². The van der Waals surface area contributed by atoms with Crippen molar-refractivity contribution in [1.29, 1.82) is 0 Å². The van der Waals surface area contributed by atoms with Crippen molar-refractivity contribution >= 4 is 5.91 Å². The predicted molar refractivity (Wildman–Crippen MR) is 54.1 cm³/mol. The molecule has 1 aromatic heterocycles. The highest BCUT2D eigenvalue weighted by molar-refractivity contribution is 5.93. The van der Waals surface area contributed by atoms with Gasteiger partial charge in [0.1, 0.15) is 6.26 Å². The zero-order chi connectivity index (χ0) is 10.5. The summed E-state index contributed by atoms with van der Waals surface area (Å²) in [4.78, 5) is 15.5. The van der Waals surface area contributed by atoms with E-state index in [1.165, 1.54) is 12.7 Å². The van der Waals surface area contributed by atoms with E-state index in [4.69, 9.17) is 4.42 Å². The summed E-state index contributed by atoms with van der Waals surface area (Å²) in [6, 6.07) is 9.04. The van der Waals surface area contributed by atoms with Crippen molar-refractivity contribution < 1.29 is 9.21 Å². The van der Waals surface area contributed by atoms with Crippen molar-refractivity contribution in [3.05, 3.63) is 54.2 Å². The summed E-state index contributed by atoms with van der Waals surface area (Å²) in [7, 11) is 0. The Morgan fingerprint density at radius 2 is 2.13 bits per heavy atom. The van der Waals surface area contributed by atoms with Gasteiger partial charge in [-0.25, -0.2) is 4.98 Å². The summed E-state index contributed by atoms with van der Waals surface area (Å²) in [5.41, 5.74) is 1.35. The van der Waals surface area contributed by atoms with E-state index in [9.17, 15) is 4.79 Å². The lowest BCUT2D eigenvalue weighted by Gasteiger charge is -2.01. The number of hydrogen-bond donors (Lipinski definition) is 1. The molecule has 1 N–H and O–H groups in total. The first-order chi connectivity index (χ1) is 7.36. The average Bonchev–Trinajstić information content (AvgIpc) is 2.80.